The lowest BCUT2D eigenvalue weighted by atomic mass is 9.50. The molecule has 0 unspecified atom stereocenters. The third-order valence-electron chi connectivity index (χ3n) is 7.95. The second-order valence-electron chi connectivity index (χ2n) is 9.97. The molecular formula is C24H29N3O4S2. The van der Waals surface area contributed by atoms with Crippen molar-refractivity contribution >= 4 is 34.1 Å². The Balaban J connectivity index is 1.34. The summed E-state index contributed by atoms with van der Waals surface area (Å²) in [7, 11) is 4.80. The molecule has 0 radical (unpaired) electrons. The summed E-state index contributed by atoms with van der Waals surface area (Å²) in [6, 6.07) is 3.84. The highest BCUT2D eigenvalue weighted by Gasteiger charge is 2.53. The summed E-state index contributed by atoms with van der Waals surface area (Å²) >= 11 is 3.22. The van der Waals surface area contributed by atoms with Crippen LogP contribution in [0.25, 0.3) is 0 Å². The third-order valence-corrected chi connectivity index (χ3v) is 10.3. The number of carbonyl (C=O) groups excluding carboxylic acids is 1. The van der Waals surface area contributed by atoms with E-state index in [0.29, 0.717) is 28.1 Å². The molecule has 1 saturated heterocycles. The van der Waals surface area contributed by atoms with Crippen LogP contribution in [0.2, 0.25) is 0 Å². The van der Waals surface area contributed by atoms with Gasteiger partial charge in [-0.05, 0) is 74.0 Å². The molecule has 4 bridgehead atoms. The van der Waals surface area contributed by atoms with E-state index in [1.54, 1.807) is 44.4 Å². The van der Waals surface area contributed by atoms with Gasteiger partial charge in [0, 0.05) is 5.41 Å². The zero-order valence-corrected chi connectivity index (χ0v) is 20.8. The monoisotopic (exact) mass is 487 g/mol. The van der Waals surface area contributed by atoms with Crippen LogP contribution in [0, 0.1) is 17.8 Å². The van der Waals surface area contributed by atoms with Crippen molar-refractivity contribution in [2.75, 3.05) is 32.0 Å². The maximum atomic E-state index is 13.0. The number of thioether (sulfide) groups is 1. The van der Waals surface area contributed by atoms with E-state index in [4.69, 9.17) is 19.3 Å². The van der Waals surface area contributed by atoms with Crippen LogP contribution >= 0.6 is 23.1 Å². The minimum Gasteiger partial charge on any atom is -0.493 e. The highest BCUT2D eigenvalue weighted by Crippen LogP contribution is 2.61. The first kappa shape index (κ1) is 21.5. The molecule has 1 aliphatic heterocycles. The average Bonchev–Trinajstić information content (AvgIpc) is 3.44. The fraction of sp³-hybridized carbons (Fsp3) is 0.625. The van der Waals surface area contributed by atoms with Crippen LogP contribution in [-0.4, -0.2) is 43.2 Å². The van der Waals surface area contributed by atoms with Crippen LogP contribution in [-0.2, 0) is 10.2 Å². The zero-order valence-electron chi connectivity index (χ0n) is 19.2. The number of nitrogens with zero attached hydrogens (tertiary/aromatic N) is 3. The minimum atomic E-state index is -0.205. The summed E-state index contributed by atoms with van der Waals surface area (Å²) in [5.41, 5.74) is 1.11. The summed E-state index contributed by atoms with van der Waals surface area (Å²) in [5, 5.41) is 10.9. The maximum Gasteiger partial charge on any atom is 0.240 e. The lowest BCUT2D eigenvalue weighted by Gasteiger charge is -2.55. The summed E-state index contributed by atoms with van der Waals surface area (Å²) < 4.78 is 16.6. The fourth-order valence-corrected chi connectivity index (χ4v) is 9.33. The molecule has 0 spiro atoms. The van der Waals surface area contributed by atoms with Gasteiger partial charge >= 0.3 is 0 Å². The molecule has 1 aromatic heterocycles. The molecular weight excluding hydrogens is 458 g/mol. The molecule has 9 heteroatoms. The number of aromatic nitrogens is 2. The molecule has 5 fully saturated rings. The highest BCUT2D eigenvalue weighted by atomic mass is 32.2. The van der Waals surface area contributed by atoms with Gasteiger partial charge in [-0.3, -0.25) is 9.69 Å². The van der Waals surface area contributed by atoms with Crippen LogP contribution in [0.4, 0.5) is 5.13 Å². The van der Waals surface area contributed by atoms with Gasteiger partial charge in [0.1, 0.15) is 10.4 Å². The lowest BCUT2D eigenvalue weighted by molar-refractivity contribution is -0.115. The predicted octanol–water partition coefficient (Wildman–Crippen LogP) is 4.81. The van der Waals surface area contributed by atoms with E-state index < -0.39 is 0 Å². The van der Waals surface area contributed by atoms with Crippen molar-refractivity contribution in [3.63, 3.8) is 0 Å². The minimum absolute atomic E-state index is 0.0620. The van der Waals surface area contributed by atoms with Gasteiger partial charge in [0.15, 0.2) is 11.5 Å². The number of benzene rings is 1. The van der Waals surface area contributed by atoms with E-state index in [1.807, 2.05) is 17.0 Å². The number of hydrogen-bond acceptors (Lipinski definition) is 8. The van der Waals surface area contributed by atoms with Gasteiger partial charge in [-0.1, -0.05) is 11.3 Å². The van der Waals surface area contributed by atoms with Gasteiger partial charge < -0.3 is 14.2 Å². The number of hydrogen-bond donors (Lipinski definition) is 0. The molecule has 7 rings (SSSR count). The highest BCUT2D eigenvalue weighted by molar-refractivity contribution is 8.00. The first-order valence-electron chi connectivity index (χ1n) is 11.6. The Kier molecular flexibility index (Phi) is 5.25. The Morgan fingerprint density at radius 2 is 1.55 bits per heavy atom. The molecule has 4 aliphatic carbocycles. The number of amides is 1. The van der Waals surface area contributed by atoms with E-state index in [-0.39, 0.29) is 16.7 Å². The third kappa shape index (κ3) is 3.41. The number of ether oxygens (including phenoxy) is 3. The Bertz CT molecular complexity index is 1030. The molecule has 2 aromatic rings. The van der Waals surface area contributed by atoms with Gasteiger partial charge in [0.2, 0.25) is 16.8 Å². The van der Waals surface area contributed by atoms with Crippen molar-refractivity contribution in [1.29, 1.82) is 0 Å². The topological polar surface area (TPSA) is 73.8 Å². The van der Waals surface area contributed by atoms with Crippen LogP contribution < -0.4 is 19.1 Å². The van der Waals surface area contributed by atoms with Gasteiger partial charge in [-0.2, -0.15) is 0 Å². The lowest BCUT2D eigenvalue weighted by Crippen LogP contribution is -2.48. The van der Waals surface area contributed by atoms with Crippen molar-refractivity contribution < 1.29 is 19.0 Å². The average molecular weight is 488 g/mol. The van der Waals surface area contributed by atoms with Crippen molar-refractivity contribution in [3.05, 3.63) is 22.7 Å². The second-order valence-corrected chi connectivity index (χ2v) is 12.0. The first-order valence-corrected chi connectivity index (χ1v) is 13.5. The Morgan fingerprint density at radius 1 is 0.939 bits per heavy atom. The van der Waals surface area contributed by atoms with E-state index >= 15 is 0 Å². The van der Waals surface area contributed by atoms with E-state index in [0.717, 1.165) is 28.3 Å². The molecule has 7 nitrogen and oxygen atoms in total. The number of anilines is 1. The molecule has 33 heavy (non-hydrogen) atoms. The van der Waals surface area contributed by atoms with E-state index in [9.17, 15) is 4.79 Å². The zero-order chi connectivity index (χ0) is 22.7. The maximum absolute atomic E-state index is 13.0. The quantitative estimate of drug-likeness (QED) is 0.579. The smallest absolute Gasteiger partial charge is 0.240 e. The predicted molar refractivity (Wildman–Crippen MR) is 129 cm³/mol. The number of methoxy groups -OCH3 is 3. The molecule has 1 amide bonds. The summed E-state index contributed by atoms with van der Waals surface area (Å²) in [5.74, 6) is 4.72. The van der Waals surface area contributed by atoms with Crippen LogP contribution in [0.5, 0.6) is 17.2 Å². The molecule has 4 saturated carbocycles. The Hall–Kier alpha value is -2.00. The van der Waals surface area contributed by atoms with E-state index in [2.05, 4.69) is 5.10 Å². The van der Waals surface area contributed by atoms with Crippen molar-refractivity contribution in [3.8, 4) is 17.2 Å². The van der Waals surface area contributed by atoms with Crippen LogP contribution in [0.3, 0.4) is 0 Å². The SMILES string of the molecule is COc1cc([C@H]2SCC(=O)N2c2nnc(C34CC5CC(CC(C5)C3)C4)s2)cc(OC)c1OC. The number of rotatable bonds is 6. The molecule has 1 aromatic carbocycles. The first-order chi connectivity index (χ1) is 16.0. The Morgan fingerprint density at radius 3 is 2.09 bits per heavy atom. The van der Waals surface area contributed by atoms with Crippen LogP contribution in [0.1, 0.15) is 54.5 Å². The summed E-state index contributed by atoms with van der Waals surface area (Å²) in [4.78, 5) is 14.8. The Labute approximate surface area is 202 Å². The van der Waals surface area contributed by atoms with Gasteiger partial charge in [0.25, 0.3) is 0 Å². The second kappa shape index (κ2) is 8.05. The van der Waals surface area contributed by atoms with Gasteiger partial charge in [0.05, 0.1) is 27.1 Å². The van der Waals surface area contributed by atoms with E-state index in [1.165, 1.54) is 38.5 Å². The molecule has 1 atom stereocenters. The molecule has 176 valence electrons. The summed E-state index contributed by atoms with van der Waals surface area (Å²) in [6.45, 7) is 0. The fourth-order valence-electron chi connectivity index (χ4n) is 7.02. The number of carbonyl (C=O) groups is 1. The normalized spacial score (nSPS) is 32.5. The van der Waals surface area contributed by atoms with Gasteiger partial charge in [-0.15, -0.1) is 22.0 Å². The van der Waals surface area contributed by atoms with Gasteiger partial charge in [-0.25, -0.2) is 0 Å². The summed E-state index contributed by atoms with van der Waals surface area (Å²) in [6.07, 6.45) is 7.92. The molecule has 0 N–H and O–H groups in total. The molecule has 5 aliphatic rings. The van der Waals surface area contributed by atoms with Crippen LogP contribution in [0.15, 0.2) is 12.1 Å². The standard InChI is InChI=1S/C24H29N3O4S2/c1-29-17-7-16(8-18(30-2)20(17)31-3)21-27(19(28)12-32-21)23-26-25-22(33-23)24-9-13-4-14(10-24)6-15(5-13)11-24/h7-8,13-15,21H,4-6,9-12H2,1-3H3/t13?,14?,15?,21-,24?/m1/s1. The van der Waals surface area contributed by atoms with Crippen molar-refractivity contribution in [2.45, 2.75) is 49.3 Å². The van der Waals surface area contributed by atoms with Crippen molar-refractivity contribution in [1.82, 2.24) is 10.2 Å². The molecule has 2 heterocycles. The van der Waals surface area contributed by atoms with Crippen molar-refractivity contribution in [2.24, 2.45) is 17.8 Å². The largest absolute Gasteiger partial charge is 0.493 e.